The molecule has 0 saturated carbocycles. The first-order valence-electron chi connectivity index (χ1n) is 38.6. The summed E-state index contributed by atoms with van der Waals surface area (Å²) in [5.41, 5.74) is 30.9. The Hall–Kier alpha value is -14.8. The van der Waals surface area contributed by atoms with Crippen molar-refractivity contribution < 1.29 is 0 Å². The quantitative estimate of drug-likeness (QED) is 0.100. The molecule has 21 aromatic rings. The fourth-order valence-corrected chi connectivity index (χ4v) is 17.8. The van der Waals surface area contributed by atoms with Crippen LogP contribution in [0.3, 0.4) is 0 Å². The van der Waals surface area contributed by atoms with E-state index in [1.165, 1.54) is 115 Å². The van der Waals surface area contributed by atoms with Crippen molar-refractivity contribution >= 4 is 82.1 Å². The predicted octanol–water partition coefficient (Wildman–Crippen LogP) is 29.5. The van der Waals surface area contributed by atoms with Gasteiger partial charge in [0.25, 0.3) is 0 Å². The highest BCUT2D eigenvalue weighted by Crippen LogP contribution is 2.53. The summed E-state index contributed by atoms with van der Waals surface area (Å²) in [5, 5.41) is 10.7. The van der Waals surface area contributed by atoms with E-state index >= 15 is 0 Å². The third kappa shape index (κ3) is 11.1. The van der Waals surface area contributed by atoms with Crippen LogP contribution in [0.1, 0.15) is 0 Å². The van der Waals surface area contributed by atoms with Gasteiger partial charge in [0.05, 0.1) is 33.6 Å². The molecule has 0 atom stereocenters. The van der Waals surface area contributed by atoms with E-state index < -0.39 is 0 Å². The minimum absolute atomic E-state index is 1.03. The van der Waals surface area contributed by atoms with E-state index in [1.54, 1.807) is 0 Å². The molecule has 0 aliphatic rings. The second-order valence-corrected chi connectivity index (χ2v) is 29.0. The maximum absolute atomic E-state index is 2.50. The molecule has 112 heavy (non-hydrogen) atoms. The van der Waals surface area contributed by atoms with Gasteiger partial charge in [0.15, 0.2) is 0 Å². The van der Waals surface area contributed by atoms with E-state index in [0.717, 1.165) is 84.6 Å². The van der Waals surface area contributed by atoms with Gasteiger partial charge in [-0.05, 0) is 174 Å². The number of fused-ring (bicyclic) bond motifs is 9. The van der Waals surface area contributed by atoms with Crippen molar-refractivity contribution in [3.05, 3.63) is 437 Å². The van der Waals surface area contributed by atoms with E-state index in [9.17, 15) is 0 Å². The first-order valence-corrected chi connectivity index (χ1v) is 38.6. The summed E-state index contributed by atoms with van der Waals surface area (Å²) in [4.78, 5) is 2.43. The van der Waals surface area contributed by atoms with Gasteiger partial charge in [0, 0.05) is 83.1 Å². The Kier molecular flexibility index (Phi) is 16.2. The molecular weight excluding hydrogens is 1350 g/mol. The van der Waals surface area contributed by atoms with E-state index in [4.69, 9.17) is 0 Å². The van der Waals surface area contributed by atoms with E-state index in [2.05, 4.69) is 455 Å². The number of nitrogens with zero attached hydrogens (tertiary/aromatic N) is 4. The molecule has 0 bridgehead atoms. The van der Waals surface area contributed by atoms with Gasteiger partial charge in [-0.3, -0.25) is 0 Å². The Bertz CT molecular complexity index is 6380. The van der Waals surface area contributed by atoms with Crippen molar-refractivity contribution in [3.63, 3.8) is 0 Å². The van der Waals surface area contributed by atoms with Gasteiger partial charge in [-0.15, -0.1) is 0 Å². The second kappa shape index (κ2) is 27.7. The first kappa shape index (κ1) is 65.5. The summed E-state index contributed by atoms with van der Waals surface area (Å²) in [6.45, 7) is 0. The Morgan fingerprint density at radius 3 is 0.580 bits per heavy atom. The molecule has 0 N–H and O–H groups in total. The van der Waals surface area contributed by atoms with Crippen LogP contribution in [0.4, 0.5) is 17.1 Å². The molecule has 0 aliphatic carbocycles. The number of aromatic nitrogens is 3. The third-order valence-corrected chi connectivity index (χ3v) is 22.6. The van der Waals surface area contributed by atoms with Crippen LogP contribution in [-0.2, 0) is 0 Å². The molecule has 0 spiro atoms. The number of anilines is 3. The molecule has 4 nitrogen and oxygen atoms in total. The summed E-state index contributed by atoms with van der Waals surface area (Å²) in [5.74, 6) is 0. The zero-order valence-electron chi connectivity index (χ0n) is 61.4. The molecule has 3 heterocycles. The largest absolute Gasteiger partial charge is 0.311 e. The van der Waals surface area contributed by atoms with Crippen LogP contribution in [0.2, 0.25) is 0 Å². The van der Waals surface area contributed by atoms with E-state index in [-0.39, 0.29) is 0 Å². The van der Waals surface area contributed by atoms with Crippen LogP contribution in [-0.4, -0.2) is 13.7 Å². The minimum Gasteiger partial charge on any atom is -0.311 e. The molecule has 4 heteroatoms. The molecule has 0 amide bonds. The highest BCUT2D eigenvalue weighted by molar-refractivity contribution is 6.23. The normalized spacial score (nSPS) is 11.6. The molecule has 18 aromatic carbocycles. The van der Waals surface area contributed by atoms with Gasteiger partial charge >= 0.3 is 0 Å². The maximum Gasteiger partial charge on any atom is 0.0620 e. The van der Waals surface area contributed by atoms with Gasteiger partial charge in [-0.25, -0.2) is 0 Å². The highest BCUT2D eigenvalue weighted by Gasteiger charge is 2.29. The molecule has 0 unspecified atom stereocenters. The second-order valence-electron chi connectivity index (χ2n) is 29.0. The van der Waals surface area contributed by atoms with Crippen LogP contribution in [0.5, 0.6) is 0 Å². The van der Waals surface area contributed by atoms with E-state index in [1.807, 2.05) is 0 Å². The lowest BCUT2D eigenvalue weighted by atomic mass is 9.92. The maximum atomic E-state index is 2.50. The van der Waals surface area contributed by atoms with Gasteiger partial charge < -0.3 is 18.6 Å². The number of hydrogen-bond acceptors (Lipinski definition) is 1. The van der Waals surface area contributed by atoms with Crippen molar-refractivity contribution in [1.82, 2.24) is 13.7 Å². The van der Waals surface area contributed by atoms with Crippen molar-refractivity contribution in [2.24, 2.45) is 0 Å². The summed E-state index contributed by atoms with van der Waals surface area (Å²) >= 11 is 0. The van der Waals surface area contributed by atoms with Crippen LogP contribution in [0.25, 0.3) is 183 Å². The monoisotopic (exact) mass is 1420 g/mol. The van der Waals surface area contributed by atoms with Crippen molar-refractivity contribution in [1.29, 1.82) is 0 Å². The zero-order chi connectivity index (χ0) is 74.0. The smallest absolute Gasteiger partial charge is 0.0620 e. The fourth-order valence-electron chi connectivity index (χ4n) is 17.8. The minimum atomic E-state index is 1.03. The summed E-state index contributed by atoms with van der Waals surface area (Å²) in [6, 6.07) is 160. The molecular formula is C108H72N4. The number of benzene rings is 18. The van der Waals surface area contributed by atoms with Crippen LogP contribution in [0.15, 0.2) is 437 Å². The number of hydrogen-bond donors (Lipinski definition) is 0. The van der Waals surface area contributed by atoms with Crippen LogP contribution >= 0.6 is 0 Å². The van der Waals surface area contributed by atoms with Gasteiger partial charge in [-0.1, -0.05) is 346 Å². The van der Waals surface area contributed by atoms with E-state index in [0.29, 0.717) is 0 Å². The average Bonchev–Trinajstić information content (AvgIpc) is 1.58. The Morgan fingerprint density at radius 1 is 0.152 bits per heavy atom. The third-order valence-electron chi connectivity index (χ3n) is 22.6. The van der Waals surface area contributed by atoms with Crippen LogP contribution in [0, 0.1) is 0 Å². The lowest BCUT2D eigenvalue weighted by Crippen LogP contribution is -2.09. The van der Waals surface area contributed by atoms with Crippen molar-refractivity contribution in [2.75, 3.05) is 4.90 Å². The SMILES string of the molecule is c1ccc(-c2c(-c3ccccc3)n(-c3ccccc3)c3c2cc(-c2ccc(N(c4ccc(-c5cc6c(-c7ccccc7)c(-c7ccccc7)n(-c7ccccc7)c6c6ccccc56)cc4)c4ccc(-c5cc6c(-c7ccccc7)c(-c7ccccc7)n(-c7ccccc7)c6c6ccccc56)cc4)cc2)c2ccccc23)cc1. The Labute approximate surface area is 650 Å². The Morgan fingerprint density at radius 2 is 0.348 bits per heavy atom. The molecule has 0 aliphatic heterocycles. The molecule has 21 rings (SSSR count). The van der Waals surface area contributed by atoms with Crippen molar-refractivity contribution in [2.45, 2.75) is 0 Å². The molecule has 524 valence electrons. The standard InChI is InChI=1S/C108H72N4/c1-10-34-76(35-11-1)100-97-70-94(88-52-28-31-55-91(88)106(97)110(82-46-22-7-23-47-82)103(100)79-40-16-4-17-41-79)73-58-64-85(65-59-73)109(86-66-60-74(61-67-86)95-71-98-101(77-36-12-2-13-37-77)104(80-42-18-5-19-43-80)111(83-48-24-8-25-49-83)107(98)92-56-32-29-53-89(92)95)87-68-62-75(63-69-87)96-72-99-102(78-38-14-3-15-39-78)105(81-44-20-6-21-45-81)112(84-50-26-9-27-51-84)108(99)93-57-33-30-54-90(93)96/h1-72H. The summed E-state index contributed by atoms with van der Waals surface area (Å²) in [7, 11) is 0. The summed E-state index contributed by atoms with van der Waals surface area (Å²) in [6.07, 6.45) is 0. The predicted molar refractivity (Wildman–Crippen MR) is 473 cm³/mol. The highest BCUT2D eigenvalue weighted by atomic mass is 15.1. The van der Waals surface area contributed by atoms with Crippen molar-refractivity contribution in [3.8, 4) is 118 Å². The Balaban J connectivity index is 0.757. The topological polar surface area (TPSA) is 18.0 Å². The number of para-hydroxylation sites is 3. The van der Waals surface area contributed by atoms with Gasteiger partial charge in [-0.2, -0.15) is 0 Å². The number of rotatable bonds is 15. The average molecular weight is 1430 g/mol. The zero-order valence-corrected chi connectivity index (χ0v) is 61.4. The van der Waals surface area contributed by atoms with Crippen LogP contribution < -0.4 is 4.90 Å². The first-order chi connectivity index (χ1) is 55.6. The van der Waals surface area contributed by atoms with Gasteiger partial charge in [0.2, 0.25) is 0 Å². The molecule has 0 saturated heterocycles. The lowest BCUT2D eigenvalue weighted by molar-refractivity contribution is 1.14. The summed E-state index contributed by atoms with van der Waals surface area (Å²) < 4.78 is 7.49. The fraction of sp³-hybridized carbons (Fsp3) is 0. The van der Waals surface area contributed by atoms with Gasteiger partial charge in [0.1, 0.15) is 0 Å². The molecule has 3 aromatic heterocycles. The molecule has 0 fully saturated rings. The molecule has 0 radical (unpaired) electrons. The lowest BCUT2D eigenvalue weighted by Gasteiger charge is -2.26.